The molecule has 98 valence electrons. The van der Waals surface area contributed by atoms with Crippen molar-refractivity contribution in [2.75, 3.05) is 19.7 Å². The van der Waals surface area contributed by atoms with Crippen LogP contribution in [0.25, 0.3) is 10.8 Å². The zero-order chi connectivity index (χ0) is 13.2. The maximum absolute atomic E-state index is 11.4. The van der Waals surface area contributed by atoms with Gasteiger partial charge in [0, 0.05) is 12.6 Å². The molecule has 1 aliphatic heterocycles. The number of nitrogens with zero attached hydrogens (tertiary/aromatic N) is 1. The molecule has 2 aromatic rings. The summed E-state index contributed by atoms with van der Waals surface area (Å²) in [5.41, 5.74) is 7.22. The van der Waals surface area contributed by atoms with E-state index in [1.54, 1.807) is 4.90 Å². The quantitative estimate of drug-likeness (QED) is 0.916. The summed E-state index contributed by atoms with van der Waals surface area (Å²) in [6.07, 6.45) is -0.267. The molecule has 1 heterocycles. The van der Waals surface area contributed by atoms with Gasteiger partial charge in [-0.05, 0) is 22.4 Å². The average Bonchev–Trinajstić information content (AvgIpc) is 2.84. The molecule has 2 N–H and O–H groups in total. The van der Waals surface area contributed by atoms with E-state index in [2.05, 4.69) is 24.3 Å². The molecule has 1 amide bonds. The van der Waals surface area contributed by atoms with Crippen molar-refractivity contribution >= 4 is 16.9 Å². The molecule has 4 nitrogen and oxygen atoms in total. The molecule has 19 heavy (non-hydrogen) atoms. The topological polar surface area (TPSA) is 55.6 Å². The van der Waals surface area contributed by atoms with Crippen LogP contribution in [0.5, 0.6) is 0 Å². The van der Waals surface area contributed by atoms with Crippen LogP contribution < -0.4 is 5.73 Å². The van der Waals surface area contributed by atoms with Crippen molar-refractivity contribution in [1.29, 1.82) is 0 Å². The average molecular weight is 256 g/mol. The highest BCUT2D eigenvalue weighted by Gasteiger charge is 2.24. The van der Waals surface area contributed by atoms with Crippen LogP contribution in [0, 0.1) is 0 Å². The zero-order valence-electron chi connectivity index (χ0n) is 10.6. The smallest absolute Gasteiger partial charge is 0.410 e. The molecule has 1 atom stereocenters. The lowest BCUT2D eigenvalue weighted by Gasteiger charge is -2.19. The van der Waals surface area contributed by atoms with Gasteiger partial charge in [0.2, 0.25) is 0 Å². The first-order valence-electron chi connectivity index (χ1n) is 6.40. The van der Waals surface area contributed by atoms with E-state index in [-0.39, 0.29) is 12.1 Å². The Morgan fingerprint density at radius 1 is 1.21 bits per heavy atom. The van der Waals surface area contributed by atoms with Gasteiger partial charge in [-0.2, -0.15) is 0 Å². The predicted molar refractivity (Wildman–Crippen MR) is 73.8 cm³/mol. The number of carbonyl (C=O) groups excluding carboxylic acids is 1. The highest BCUT2D eigenvalue weighted by Crippen LogP contribution is 2.20. The summed E-state index contributed by atoms with van der Waals surface area (Å²) in [6, 6.07) is 14.1. The second kappa shape index (κ2) is 4.90. The van der Waals surface area contributed by atoms with Gasteiger partial charge in [0.1, 0.15) is 6.61 Å². The van der Waals surface area contributed by atoms with E-state index < -0.39 is 0 Å². The van der Waals surface area contributed by atoms with Crippen LogP contribution in [0.4, 0.5) is 4.79 Å². The minimum Gasteiger partial charge on any atom is -0.448 e. The number of ether oxygens (including phenoxy) is 1. The number of hydrogen-bond acceptors (Lipinski definition) is 3. The first kappa shape index (κ1) is 12.0. The lowest BCUT2D eigenvalue weighted by molar-refractivity contribution is 0.157. The third-order valence-corrected chi connectivity index (χ3v) is 3.46. The van der Waals surface area contributed by atoms with Gasteiger partial charge in [-0.15, -0.1) is 0 Å². The van der Waals surface area contributed by atoms with Gasteiger partial charge >= 0.3 is 6.09 Å². The molecule has 0 aromatic heterocycles. The molecule has 2 aromatic carbocycles. The van der Waals surface area contributed by atoms with Crippen molar-refractivity contribution in [2.45, 2.75) is 6.04 Å². The Kier molecular flexibility index (Phi) is 3.09. The molecule has 0 radical (unpaired) electrons. The Balaban J connectivity index is 1.81. The number of amides is 1. The third kappa shape index (κ3) is 2.39. The summed E-state index contributed by atoms with van der Waals surface area (Å²) in [7, 11) is 0. The molecule has 3 rings (SSSR count). The van der Waals surface area contributed by atoms with Gasteiger partial charge in [0.05, 0.1) is 6.54 Å². The molecular weight excluding hydrogens is 240 g/mol. The number of hydrogen-bond donors (Lipinski definition) is 1. The van der Waals surface area contributed by atoms with Crippen molar-refractivity contribution < 1.29 is 9.53 Å². The highest BCUT2D eigenvalue weighted by atomic mass is 16.6. The monoisotopic (exact) mass is 256 g/mol. The molecule has 1 fully saturated rings. The largest absolute Gasteiger partial charge is 0.448 e. The van der Waals surface area contributed by atoms with Crippen molar-refractivity contribution in [3.63, 3.8) is 0 Å². The molecular formula is C15H16N2O2. The van der Waals surface area contributed by atoms with E-state index in [0.717, 1.165) is 5.56 Å². The second-order valence-corrected chi connectivity index (χ2v) is 4.77. The molecule has 0 saturated carbocycles. The van der Waals surface area contributed by atoms with E-state index in [9.17, 15) is 4.79 Å². The number of benzene rings is 2. The van der Waals surface area contributed by atoms with Gasteiger partial charge in [0.15, 0.2) is 0 Å². The van der Waals surface area contributed by atoms with Crippen molar-refractivity contribution in [3.05, 3.63) is 48.0 Å². The van der Waals surface area contributed by atoms with Gasteiger partial charge < -0.3 is 15.4 Å². The van der Waals surface area contributed by atoms with E-state index in [1.165, 1.54) is 10.8 Å². The minimum atomic E-state index is -0.267. The first-order valence-corrected chi connectivity index (χ1v) is 6.40. The summed E-state index contributed by atoms with van der Waals surface area (Å²) >= 11 is 0. The standard InChI is InChI=1S/C15H16N2O2/c16-14(10-17-7-8-19-15(17)18)13-6-5-11-3-1-2-4-12(11)9-13/h1-6,9,14H,7-8,10,16H2. The Bertz CT molecular complexity index is 612. The maximum atomic E-state index is 11.4. The molecule has 1 saturated heterocycles. The Morgan fingerprint density at radius 3 is 2.74 bits per heavy atom. The van der Waals surface area contributed by atoms with Gasteiger partial charge in [-0.25, -0.2) is 4.79 Å². The Hall–Kier alpha value is -2.07. The van der Waals surface area contributed by atoms with Crippen LogP contribution in [-0.2, 0) is 4.74 Å². The fourth-order valence-corrected chi connectivity index (χ4v) is 2.37. The normalized spacial score (nSPS) is 16.7. The number of cyclic esters (lactones) is 1. The molecule has 1 aliphatic rings. The van der Waals surface area contributed by atoms with Crippen molar-refractivity contribution in [2.24, 2.45) is 5.73 Å². The molecule has 0 aliphatic carbocycles. The number of fused-ring (bicyclic) bond motifs is 1. The van der Waals surface area contributed by atoms with E-state index in [1.807, 2.05) is 18.2 Å². The van der Waals surface area contributed by atoms with Crippen LogP contribution in [-0.4, -0.2) is 30.7 Å². The fourth-order valence-electron chi connectivity index (χ4n) is 2.37. The van der Waals surface area contributed by atoms with E-state index in [0.29, 0.717) is 19.7 Å². The highest BCUT2D eigenvalue weighted by molar-refractivity contribution is 5.83. The molecule has 0 bridgehead atoms. The van der Waals surface area contributed by atoms with Crippen LogP contribution in [0.3, 0.4) is 0 Å². The van der Waals surface area contributed by atoms with Gasteiger partial charge in [0.25, 0.3) is 0 Å². The molecule has 4 heteroatoms. The summed E-state index contributed by atoms with van der Waals surface area (Å²) in [5, 5.41) is 2.36. The minimum absolute atomic E-state index is 0.185. The van der Waals surface area contributed by atoms with Crippen LogP contribution in [0.1, 0.15) is 11.6 Å². The summed E-state index contributed by atoms with van der Waals surface area (Å²) < 4.78 is 4.90. The van der Waals surface area contributed by atoms with Gasteiger partial charge in [-0.1, -0.05) is 36.4 Å². The number of rotatable bonds is 3. The van der Waals surface area contributed by atoms with E-state index >= 15 is 0 Å². The number of carbonyl (C=O) groups is 1. The fraction of sp³-hybridized carbons (Fsp3) is 0.267. The van der Waals surface area contributed by atoms with Crippen LogP contribution in [0.15, 0.2) is 42.5 Å². The second-order valence-electron chi connectivity index (χ2n) is 4.77. The first-order chi connectivity index (χ1) is 9.24. The van der Waals surface area contributed by atoms with Crippen molar-refractivity contribution in [3.8, 4) is 0 Å². The summed E-state index contributed by atoms with van der Waals surface area (Å²) in [4.78, 5) is 13.1. The Morgan fingerprint density at radius 2 is 2.00 bits per heavy atom. The predicted octanol–water partition coefficient (Wildman–Crippen LogP) is 2.29. The lowest BCUT2D eigenvalue weighted by Crippen LogP contribution is -2.32. The van der Waals surface area contributed by atoms with E-state index in [4.69, 9.17) is 10.5 Å². The SMILES string of the molecule is NC(CN1CCOC1=O)c1ccc2ccccc2c1. The zero-order valence-corrected chi connectivity index (χ0v) is 10.6. The van der Waals surface area contributed by atoms with Crippen molar-refractivity contribution in [1.82, 2.24) is 4.90 Å². The van der Waals surface area contributed by atoms with Crippen LogP contribution in [0.2, 0.25) is 0 Å². The Labute approximate surface area is 111 Å². The summed E-state index contributed by atoms with van der Waals surface area (Å²) in [6.45, 7) is 1.58. The maximum Gasteiger partial charge on any atom is 0.410 e. The molecule has 0 spiro atoms. The lowest BCUT2D eigenvalue weighted by atomic mass is 10.0. The molecule has 1 unspecified atom stereocenters. The third-order valence-electron chi connectivity index (χ3n) is 3.46. The summed E-state index contributed by atoms with van der Waals surface area (Å²) in [5.74, 6) is 0. The van der Waals surface area contributed by atoms with Gasteiger partial charge in [-0.3, -0.25) is 0 Å². The van der Waals surface area contributed by atoms with Crippen LogP contribution >= 0.6 is 0 Å². The number of nitrogens with two attached hydrogens (primary N) is 1.